The molecule has 1 aliphatic rings. The van der Waals surface area contributed by atoms with Crippen LogP contribution in [0.3, 0.4) is 0 Å². The molecule has 1 aliphatic heterocycles. The molecule has 5 heteroatoms. The first-order valence-corrected chi connectivity index (χ1v) is 7.02. The number of rotatable bonds is 4. The fraction of sp³-hybridized carbons (Fsp3) is 0.500. The summed E-state index contributed by atoms with van der Waals surface area (Å²) < 4.78 is 0. The maximum absolute atomic E-state index is 12.0. The number of piperazine rings is 1. The zero-order chi connectivity index (χ0) is 13.7. The smallest absolute Gasteiger partial charge is 0.252 e. The summed E-state index contributed by atoms with van der Waals surface area (Å²) in [6.07, 6.45) is 0. The monoisotopic (exact) mass is 281 g/mol. The Hall–Kier alpha value is -1.10. The molecule has 1 aromatic rings. The highest BCUT2D eigenvalue weighted by Crippen LogP contribution is 2.19. The van der Waals surface area contributed by atoms with Crippen molar-refractivity contribution >= 4 is 17.5 Å². The molecule has 0 atom stereocenters. The molecular weight excluding hydrogens is 262 g/mol. The van der Waals surface area contributed by atoms with Crippen LogP contribution in [-0.2, 0) is 0 Å². The number of amides is 1. The van der Waals surface area contributed by atoms with Crippen LogP contribution < -0.4 is 10.6 Å². The summed E-state index contributed by atoms with van der Waals surface area (Å²) in [5.41, 5.74) is 1.48. The maximum atomic E-state index is 12.0. The molecule has 0 unspecified atom stereocenters. The van der Waals surface area contributed by atoms with Gasteiger partial charge in [-0.05, 0) is 18.6 Å². The lowest BCUT2D eigenvalue weighted by Crippen LogP contribution is -2.46. The Balaban J connectivity index is 1.82. The first-order chi connectivity index (χ1) is 9.18. The topological polar surface area (TPSA) is 44.4 Å². The average molecular weight is 282 g/mol. The molecule has 0 aromatic heterocycles. The Morgan fingerprint density at radius 1 is 1.42 bits per heavy atom. The number of halogens is 1. The molecule has 2 rings (SSSR count). The van der Waals surface area contributed by atoms with Crippen molar-refractivity contribution in [3.8, 4) is 0 Å². The second kappa shape index (κ2) is 6.89. The van der Waals surface area contributed by atoms with E-state index in [0.717, 1.165) is 38.3 Å². The molecule has 1 fully saturated rings. The molecule has 104 valence electrons. The lowest BCUT2D eigenvalue weighted by Gasteiger charge is -2.27. The third kappa shape index (κ3) is 3.93. The van der Waals surface area contributed by atoms with E-state index in [2.05, 4.69) is 15.5 Å². The minimum absolute atomic E-state index is 0.0937. The number of hydrogen-bond donors (Lipinski definition) is 2. The number of nitrogens with one attached hydrogen (secondary N) is 2. The molecule has 1 aromatic carbocycles. The normalized spacial score (nSPS) is 16.3. The molecule has 1 amide bonds. The van der Waals surface area contributed by atoms with Gasteiger partial charge < -0.3 is 10.6 Å². The highest BCUT2D eigenvalue weighted by molar-refractivity contribution is 6.34. The second-order valence-corrected chi connectivity index (χ2v) is 5.16. The van der Waals surface area contributed by atoms with Crippen LogP contribution in [-0.4, -0.2) is 50.1 Å². The van der Waals surface area contributed by atoms with Crippen molar-refractivity contribution in [3.63, 3.8) is 0 Å². The summed E-state index contributed by atoms with van der Waals surface area (Å²) in [4.78, 5) is 14.4. The van der Waals surface area contributed by atoms with Gasteiger partial charge in [-0.25, -0.2) is 0 Å². The van der Waals surface area contributed by atoms with Gasteiger partial charge >= 0.3 is 0 Å². The van der Waals surface area contributed by atoms with Crippen LogP contribution in [0.1, 0.15) is 15.9 Å². The zero-order valence-corrected chi connectivity index (χ0v) is 12.0. The lowest BCUT2D eigenvalue weighted by molar-refractivity contribution is 0.0947. The summed E-state index contributed by atoms with van der Waals surface area (Å²) in [7, 11) is 0. The largest absolute Gasteiger partial charge is 0.351 e. The van der Waals surface area contributed by atoms with E-state index in [-0.39, 0.29) is 5.91 Å². The van der Waals surface area contributed by atoms with Crippen LogP contribution in [0, 0.1) is 6.92 Å². The predicted octanol–water partition coefficient (Wildman–Crippen LogP) is 1.28. The highest BCUT2D eigenvalue weighted by atomic mass is 35.5. The summed E-state index contributed by atoms with van der Waals surface area (Å²) in [6.45, 7) is 7.58. The van der Waals surface area contributed by atoms with Crippen LogP contribution >= 0.6 is 11.6 Å². The van der Waals surface area contributed by atoms with Gasteiger partial charge in [-0.3, -0.25) is 9.69 Å². The molecule has 0 aliphatic carbocycles. The Morgan fingerprint density at radius 2 is 2.16 bits per heavy atom. The molecule has 2 N–H and O–H groups in total. The Kier molecular flexibility index (Phi) is 5.19. The number of carbonyl (C=O) groups excluding carboxylic acids is 1. The maximum Gasteiger partial charge on any atom is 0.252 e. The first kappa shape index (κ1) is 14.3. The van der Waals surface area contributed by atoms with Crippen molar-refractivity contribution in [1.29, 1.82) is 0 Å². The average Bonchev–Trinajstić information content (AvgIpc) is 2.43. The SMILES string of the molecule is Cc1cccc(C(=O)NCCN2CCNCC2)c1Cl. The van der Waals surface area contributed by atoms with E-state index in [9.17, 15) is 4.79 Å². The van der Waals surface area contributed by atoms with Crippen molar-refractivity contribution in [2.24, 2.45) is 0 Å². The standard InChI is InChI=1S/C14H20ClN3O/c1-11-3-2-4-12(13(11)15)14(19)17-7-10-18-8-5-16-6-9-18/h2-4,16H,5-10H2,1H3,(H,17,19). The second-order valence-electron chi connectivity index (χ2n) is 4.78. The van der Waals surface area contributed by atoms with Crippen molar-refractivity contribution in [1.82, 2.24) is 15.5 Å². The van der Waals surface area contributed by atoms with Gasteiger partial charge in [-0.1, -0.05) is 23.7 Å². The number of hydrogen-bond acceptors (Lipinski definition) is 3. The number of aryl methyl sites for hydroxylation is 1. The quantitative estimate of drug-likeness (QED) is 0.874. The Labute approximate surface area is 119 Å². The van der Waals surface area contributed by atoms with Crippen LogP contribution in [0.2, 0.25) is 5.02 Å². The van der Waals surface area contributed by atoms with Gasteiger partial charge in [0.1, 0.15) is 0 Å². The number of benzene rings is 1. The number of nitrogens with zero attached hydrogens (tertiary/aromatic N) is 1. The summed E-state index contributed by atoms with van der Waals surface area (Å²) in [5.74, 6) is -0.0937. The summed E-state index contributed by atoms with van der Waals surface area (Å²) >= 11 is 6.14. The van der Waals surface area contributed by atoms with Crippen molar-refractivity contribution in [2.75, 3.05) is 39.3 Å². The van der Waals surface area contributed by atoms with Crippen LogP contribution in [0.4, 0.5) is 0 Å². The summed E-state index contributed by atoms with van der Waals surface area (Å²) in [6, 6.07) is 5.52. The third-order valence-corrected chi connectivity index (χ3v) is 3.86. The van der Waals surface area contributed by atoms with E-state index in [4.69, 9.17) is 11.6 Å². The molecule has 1 heterocycles. The minimum Gasteiger partial charge on any atom is -0.351 e. The first-order valence-electron chi connectivity index (χ1n) is 6.65. The van der Waals surface area contributed by atoms with Gasteiger partial charge in [0.15, 0.2) is 0 Å². The molecule has 4 nitrogen and oxygen atoms in total. The van der Waals surface area contributed by atoms with Gasteiger partial charge in [0.2, 0.25) is 0 Å². The molecule has 0 spiro atoms. The van der Waals surface area contributed by atoms with E-state index in [1.165, 1.54) is 0 Å². The van der Waals surface area contributed by atoms with E-state index in [1.807, 2.05) is 19.1 Å². The molecule has 0 saturated carbocycles. The van der Waals surface area contributed by atoms with E-state index >= 15 is 0 Å². The fourth-order valence-corrected chi connectivity index (χ4v) is 2.39. The van der Waals surface area contributed by atoms with Gasteiger partial charge in [0, 0.05) is 39.3 Å². The predicted molar refractivity (Wildman–Crippen MR) is 77.8 cm³/mol. The van der Waals surface area contributed by atoms with E-state index < -0.39 is 0 Å². The van der Waals surface area contributed by atoms with E-state index in [1.54, 1.807) is 6.07 Å². The molecular formula is C14H20ClN3O. The van der Waals surface area contributed by atoms with Gasteiger partial charge in [0.05, 0.1) is 10.6 Å². The third-order valence-electron chi connectivity index (χ3n) is 3.36. The molecule has 19 heavy (non-hydrogen) atoms. The molecule has 0 radical (unpaired) electrons. The van der Waals surface area contributed by atoms with Crippen molar-refractivity contribution < 1.29 is 4.79 Å². The Bertz CT molecular complexity index is 444. The molecule has 0 bridgehead atoms. The van der Waals surface area contributed by atoms with Gasteiger partial charge in [0.25, 0.3) is 5.91 Å². The van der Waals surface area contributed by atoms with Gasteiger partial charge in [-0.15, -0.1) is 0 Å². The van der Waals surface area contributed by atoms with Crippen molar-refractivity contribution in [3.05, 3.63) is 34.3 Å². The summed E-state index contributed by atoms with van der Waals surface area (Å²) in [5, 5.41) is 6.78. The Morgan fingerprint density at radius 3 is 2.89 bits per heavy atom. The van der Waals surface area contributed by atoms with E-state index in [0.29, 0.717) is 17.1 Å². The van der Waals surface area contributed by atoms with Crippen molar-refractivity contribution in [2.45, 2.75) is 6.92 Å². The lowest BCUT2D eigenvalue weighted by atomic mass is 10.1. The van der Waals surface area contributed by atoms with Gasteiger partial charge in [-0.2, -0.15) is 0 Å². The number of carbonyl (C=O) groups is 1. The highest BCUT2D eigenvalue weighted by Gasteiger charge is 2.12. The molecule has 1 saturated heterocycles. The fourth-order valence-electron chi connectivity index (χ4n) is 2.18. The van der Waals surface area contributed by atoms with Crippen LogP contribution in [0.25, 0.3) is 0 Å². The minimum atomic E-state index is -0.0937. The van der Waals surface area contributed by atoms with Crippen LogP contribution in [0.5, 0.6) is 0 Å². The van der Waals surface area contributed by atoms with Crippen LogP contribution in [0.15, 0.2) is 18.2 Å². The zero-order valence-electron chi connectivity index (χ0n) is 11.2.